The quantitative estimate of drug-likeness (QED) is 0.391. The molecule has 0 aromatic rings. The lowest BCUT2D eigenvalue weighted by molar-refractivity contribution is 0.196. The molecular weight excluding hydrogens is 204 g/mol. The molecule has 0 amide bonds. The number of hydrogen-bond acceptors (Lipinski definition) is 0. The maximum atomic E-state index is 3.36. The summed E-state index contributed by atoms with van der Waals surface area (Å²) in [6, 6.07) is 0. The molecule has 0 rings (SSSR count). The first kappa shape index (κ1) is 18.6. The average Bonchev–Trinajstić information content (AvgIpc) is 2.29. The van der Waals surface area contributed by atoms with Gasteiger partial charge in [0.25, 0.3) is 0 Å². The van der Waals surface area contributed by atoms with Gasteiger partial charge in [0.05, 0.1) is 0 Å². The van der Waals surface area contributed by atoms with E-state index in [1.807, 2.05) is 0 Å². The van der Waals surface area contributed by atoms with Crippen molar-refractivity contribution in [2.45, 2.75) is 54.4 Å². The molecule has 1 atom stereocenters. The monoisotopic (exact) mass is 236 g/mol. The van der Waals surface area contributed by atoms with Crippen LogP contribution in [0.15, 0.2) is 37.5 Å². The van der Waals surface area contributed by atoms with Crippen LogP contribution in [-0.4, -0.2) is 0 Å². The third-order valence-electron chi connectivity index (χ3n) is 3.28. The van der Waals surface area contributed by atoms with Crippen LogP contribution in [0.2, 0.25) is 0 Å². The van der Waals surface area contributed by atoms with Crippen LogP contribution in [0.25, 0.3) is 0 Å². The first-order valence-corrected chi connectivity index (χ1v) is 6.77. The van der Waals surface area contributed by atoms with Crippen LogP contribution in [-0.2, 0) is 0 Å². The summed E-state index contributed by atoms with van der Waals surface area (Å²) in [5.41, 5.74) is 0.444. The van der Waals surface area contributed by atoms with Gasteiger partial charge in [-0.15, -0.1) is 0 Å². The van der Waals surface area contributed by atoms with Crippen LogP contribution < -0.4 is 0 Å². The van der Waals surface area contributed by atoms with E-state index in [-0.39, 0.29) is 0 Å². The summed E-state index contributed by atoms with van der Waals surface area (Å²) in [5, 5.41) is 0. The topological polar surface area (TPSA) is 0 Å². The summed E-state index contributed by atoms with van der Waals surface area (Å²) >= 11 is 0. The maximum Gasteiger partial charge on any atom is -0.0159 e. The second-order valence-corrected chi connectivity index (χ2v) is 5.42. The lowest BCUT2D eigenvalue weighted by Crippen LogP contribution is -2.25. The van der Waals surface area contributed by atoms with Crippen LogP contribution in [0, 0.1) is 17.3 Å². The predicted octanol–water partition coefficient (Wildman–Crippen LogP) is 6.02. The SMILES string of the molecule is C=CC=C.CC/C=C/[C@@H](C(C)C)C(C)(C)CC. The Labute approximate surface area is 110 Å². The number of rotatable bonds is 6. The largest absolute Gasteiger partial charge is 0.0991 e. The smallest absolute Gasteiger partial charge is 0.0159 e. The molecule has 0 saturated carbocycles. The maximum absolute atomic E-state index is 3.36. The van der Waals surface area contributed by atoms with E-state index in [0.717, 1.165) is 18.3 Å². The third-order valence-corrected chi connectivity index (χ3v) is 3.28. The van der Waals surface area contributed by atoms with Crippen LogP contribution in [0.1, 0.15) is 54.4 Å². The molecule has 0 fully saturated rings. The summed E-state index contributed by atoms with van der Waals surface area (Å²) in [4.78, 5) is 0. The van der Waals surface area contributed by atoms with E-state index in [9.17, 15) is 0 Å². The average molecular weight is 236 g/mol. The Morgan fingerprint density at radius 1 is 1.06 bits per heavy atom. The summed E-state index contributed by atoms with van der Waals surface area (Å²) in [7, 11) is 0. The van der Waals surface area contributed by atoms with Crippen molar-refractivity contribution in [2.24, 2.45) is 17.3 Å². The van der Waals surface area contributed by atoms with Crippen molar-refractivity contribution in [1.82, 2.24) is 0 Å². The Hall–Kier alpha value is -0.780. The van der Waals surface area contributed by atoms with Gasteiger partial charge in [0.1, 0.15) is 0 Å². The van der Waals surface area contributed by atoms with Gasteiger partial charge in [-0.3, -0.25) is 0 Å². The van der Waals surface area contributed by atoms with E-state index in [1.54, 1.807) is 12.2 Å². The molecule has 0 saturated heterocycles. The molecule has 0 bridgehead atoms. The Morgan fingerprint density at radius 2 is 1.53 bits per heavy atom. The molecule has 0 aromatic heterocycles. The second-order valence-electron chi connectivity index (χ2n) is 5.42. The fraction of sp³-hybridized carbons (Fsp3) is 0.647. The van der Waals surface area contributed by atoms with Gasteiger partial charge in [-0.1, -0.05) is 85.4 Å². The van der Waals surface area contributed by atoms with E-state index >= 15 is 0 Å². The van der Waals surface area contributed by atoms with Crippen molar-refractivity contribution in [3.8, 4) is 0 Å². The zero-order chi connectivity index (χ0) is 13.9. The molecule has 0 spiro atoms. The van der Waals surface area contributed by atoms with E-state index in [4.69, 9.17) is 0 Å². The van der Waals surface area contributed by atoms with Crippen molar-refractivity contribution >= 4 is 0 Å². The van der Waals surface area contributed by atoms with E-state index in [0.29, 0.717) is 5.41 Å². The fourth-order valence-electron chi connectivity index (χ4n) is 1.90. The Balaban J connectivity index is 0. The van der Waals surface area contributed by atoms with Gasteiger partial charge in [0.2, 0.25) is 0 Å². The molecule has 0 aliphatic heterocycles. The lowest BCUT2D eigenvalue weighted by Gasteiger charge is -2.34. The van der Waals surface area contributed by atoms with Crippen LogP contribution in [0.4, 0.5) is 0 Å². The van der Waals surface area contributed by atoms with Gasteiger partial charge in [-0.2, -0.15) is 0 Å². The first-order chi connectivity index (χ1) is 7.87. The van der Waals surface area contributed by atoms with Gasteiger partial charge < -0.3 is 0 Å². The molecule has 100 valence electrons. The molecule has 17 heavy (non-hydrogen) atoms. The molecule has 0 aliphatic rings. The predicted molar refractivity (Wildman–Crippen MR) is 82.2 cm³/mol. The van der Waals surface area contributed by atoms with E-state index in [1.165, 1.54) is 6.42 Å². The van der Waals surface area contributed by atoms with E-state index in [2.05, 4.69) is 66.9 Å². The van der Waals surface area contributed by atoms with Gasteiger partial charge in [-0.25, -0.2) is 0 Å². The molecule has 0 heterocycles. The third kappa shape index (κ3) is 8.97. The molecule has 0 radical (unpaired) electrons. The molecular formula is C17H32. The van der Waals surface area contributed by atoms with Crippen LogP contribution in [0.5, 0.6) is 0 Å². The van der Waals surface area contributed by atoms with Crippen LogP contribution >= 0.6 is 0 Å². The van der Waals surface area contributed by atoms with Gasteiger partial charge in [-0.05, 0) is 23.7 Å². The highest BCUT2D eigenvalue weighted by atomic mass is 14.3. The Bertz CT molecular complexity index is 212. The van der Waals surface area contributed by atoms with Gasteiger partial charge in [0.15, 0.2) is 0 Å². The molecule has 0 aromatic carbocycles. The molecule has 0 aliphatic carbocycles. The molecule has 0 heteroatoms. The number of hydrogen-bond donors (Lipinski definition) is 0. The van der Waals surface area contributed by atoms with Crippen molar-refractivity contribution in [2.75, 3.05) is 0 Å². The first-order valence-electron chi connectivity index (χ1n) is 6.77. The zero-order valence-electron chi connectivity index (χ0n) is 12.8. The van der Waals surface area contributed by atoms with Crippen LogP contribution in [0.3, 0.4) is 0 Å². The minimum atomic E-state index is 0.444. The van der Waals surface area contributed by atoms with Crippen molar-refractivity contribution in [3.63, 3.8) is 0 Å². The summed E-state index contributed by atoms with van der Waals surface area (Å²) in [5.74, 6) is 1.47. The van der Waals surface area contributed by atoms with Crippen molar-refractivity contribution in [1.29, 1.82) is 0 Å². The highest BCUT2D eigenvalue weighted by molar-refractivity contribution is 4.96. The van der Waals surface area contributed by atoms with Crippen molar-refractivity contribution in [3.05, 3.63) is 37.5 Å². The summed E-state index contributed by atoms with van der Waals surface area (Å²) in [6.07, 6.45) is 10.4. The van der Waals surface area contributed by atoms with Crippen molar-refractivity contribution < 1.29 is 0 Å². The minimum Gasteiger partial charge on any atom is -0.0991 e. The second kappa shape index (κ2) is 10.4. The number of allylic oxidation sites excluding steroid dienone is 4. The highest BCUT2D eigenvalue weighted by Crippen LogP contribution is 2.36. The molecule has 0 N–H and O–H groups in total. The molecule has 0 nitrogen and oxygen atoms in total. The summed E-state index contributed by atoms with van der Waals surface area (Å²) in [6.45, 7) is 20.6. The molecule has 0 unspecified atom stereocenters. The normalized spacial score (nSPS) is 13.1. The fourth-order valence-corrected chi connectivity index (χ4v) is 1.90. The van der Waals surface area contributed by atoms with Gasteiger partial charge >= 0.3 is 0 Å². The zero-order valence-corrected chi connectivity index (χ0v) is 12.8. The summed E-state index contributed by atoms with van der Waals surface area (Å²) < 4.78 is 0. The Morgan fingerprint density at radius 3 is 1.76 bits per heavy atom. The standard InChI is InChI=1S/C13H26.C4H6/c1-7-9-10-12(11(3)4)13(5,6)8-2;1-3-4-2/h9-12H,7-8H2,1-6H3;3-4H,1-2H2/b10-9+;/t12-;/m0./s1. The highest BCUT2D eigenvalue weighted by Gasteiger charge is 2.27. The van der Waals surface area contributed by atoms with E-state index < -0.39 is 0 Å². The Kier molecular flexibility index (Phi) is 11.3. The lowest BCUT2D eigenvalue weighted by atomic mass is 9.71. The minimum absolute atomic E-state index is 0.444. The van der Waals surface area contributed by atoms with Gasteiger partial charge in [0, 0.05) is 0 Å².